The van der Waals surface area contributed by atoms with Gasteiger partial charge in [-0.25, -0.2) is 0 Å². The topological polar surface area (TPSA) is 65.8 Å². The molecule has 0 saturated carbocycles. The maximum absolute atomic E-state index is 12.7. The zero-order valence-corrected chi connectivity index (χ0v) is 15.6. The maximum Gasteiger partial charge on any atom is 0.257 e. The second-order valence-corrected chi connectivity index (χ2v) is 7.40. The van der Waals surface area contributed by atoms with Gasteiger partial charge in [0.2, 0.25) is 0 Å². The molecule has 1 atom stereocenters. The molecule has 4 rings (SSSR count). The molecule has 6 nitrogen and oxygen atoms in total. The summed E-state index contributed by atoms with van der Waals surface area (Å²) in [6, 6.07) is 9.54. The first-order valence-corrected chi connectivity index (χ1v) is 9.60. The Balaban J connectivity index is 1.36. The molecule has 0 aliphatic carbocycles. The van der Waals surface area contributed by atoms with Crippen LogP contribution in [0.4, 0.5) is 5.69 Å². The Labute approximate surface area is 159 Å². The van der Waals surface area contributed by atoms with Gasteiger partial charge in [-0.05, 0) is 50.5 Å². The number of hydrogen-bond donors (Lipinski definition) is 1. The lowest BCUT2D eigenvalue weighted by Crippen LogP contribution is -2.38. The Bertz CT molecular complexity index is 839. The first-order chi connectivity index (χ1) is 13.1. The summed E-state index contributed by atoms with van der Waals surface area (Å²) in [4.78, 5) is 29.3. The fraction of sp³-hybridized carbons (Fsp3) is 0.429. The smallest absolute Gasteiger partial charge is 0.257 e. The van der Waals surface area contributed by atoms with Crippen molar-refractivity contribution in [2.24, 2.45) is 0 Å². The Morgan fingerprint density at radius 3 is 2.67 bits per heavy atom. The molecule has 1 N–H and O–H groups in total. The molecule has 2 fully saturated rings. The number of anilines is 1. The lowest BCUT2D eigenvalue weighted by molar-refractivity contribution is 0.0782. The average molecular weight is 367 g/mol. The minimum absolute atomic E-state index is 0.0232. The Kier molecular flexibility index (Phi) is 4.88. The molecule has 1 aromatic heterocycles. The molecule has 0 radical (unpaired) electrons. The summed E-state index contributed by atoms with van der Waals surface area (Å²) in [6.07, 6.45) is 4.67. The molecule has 2 aliphatic heterocycles. The molecular weight excluding hydrogens is 342 g/mol. The van der Waals surface area contributed by atoms with Crippen molar-refractivity contribution in [3.63, 3.8) is 0 Å². The molecule has 6 heteroatoms. The Hall–Kier alpha value is -2.76. The molecule has 2 saturated heterocycles. The number of furan rings is 1. The standard InChI is InChI=1S/C21H25N3O3/c1-15-11-17(14-27-15)21(26)24-10-7-18(13-24)22-20(25)16-5-4-6-19(12-16)23-8-2-3-9-23/h4-6,11-12,14,18H,2-3,7-10,13H2,1H3,(H,22,25)/t18-/m0/s1. The number of amides is 2. The molecule has 2 amide bonds. The van der Waals surface area contributed by atoms with Gasteiger partial charge in [0.1, 0.15) is 12.0 Å². The van der Waals surface area contributed by atoms with Crippen molar-refractivity contribution in [1.82, 2.24) is 10.2 Å². The van der Waals surface area contributed by atoms with Crippen LogP contribution in [0.5, 0.6) is 0 Å². The van der Waals surface area contributed by atoms with E-state index in [0.717, 1.165) is 31.0 Å². The average Bonchev–Trinajstić information content (AvgIpc) is 3.43. The molecule has 2 aromatic rings. The van der Waals surface area contributed by atoms with Gasteiger partial charge in [0.05, 0.1) is 5.56 Å². The number of benzene rings is 1. The van der Waals surface area contributed by atoms with Crippen molar-refractivity contribution in [2.75, 3.05) is 31.1 Å². The summed E-state index contributed by atoms with van der Waals surface area (Å²) in [6.45, 7) is 5.10. The van der Waals surface area contributed by atoms with Gasteiger partial charge in [0.15, 0.2) is 0 Å². The molecule has 142 valence electrons. The molecule has 3 heterocycles. The minimum atomic E-state index is -0.0745. The van der Waals surface area contributed by atoms with E-state index in [0.29, 0.717) is 24.2 Å². The third-order valence-electron chi connectivity index (χ3n) is 5.37. The molecule has 0 unspecified atom stereocenters. The highest BCUT2D eigenvalue weighted by molar-refractivity contribution is 5.96. The van der Waals surface area contributed by atoms with E-state index in [1.807, 2.05) is 25.1 Å². The van der Waals surface area contributed by atoms with Crippen molar-refractivity contribution in [1.29, 1.82) is 0 Å². The van der Waals surface area contributed by atoms with E-state index in [2.05, 4.69) is 16.3 Å². The van der Waals surface area contributed by atoms with Crippen LogP contribution in [-0.2, 0) is 0 Å². The van der Waals surface area contributed by atoms with E-state index in [1.54, 1.807) is 11.0 Å². The highest BCUT2D eigenvalue weighted by Gasteiger charge is 2.29. The summed E-state index contributed by atoms with van der Waals surface area (Å²) in [5, 5.41) is 3.08. The third kappa shape index (κ3) is 3.84. The van der Waals surface area contributed by atoms with Crippen LogP contribution in [0.3, 0.4) is 0 Å². The number of aryl methyl sites for hydroxylation is 1. The molecule has 0 spiro atoms. The van der Waals surface area contributed by atoms with Gasteiger partial charge < -0.3 is 19.5 Å². The normalized spacial score (nSPS) is 19.5. The van der Waals surface area contributed by atoms with E-state index in [1.165, 1.54) is 19.1 Å². The van der Waals surface area contributed by atoms with Crippen LogP contribution in [-0.4, -0.2) is 48.9 Å². The predicted molar refractivity (Wildman–Crippen MR) is 103 cm³/mol. The van der Waals surface area contributed by atoms with Crippen molar-refractivity contribution in [2.45, 2.75) is 32.2 Å². The summed E-state index contributed by atoms with van der Waals surface area (Å²) < 4.78 is 5.23. The lowest BCUT2D eigenvalue weighted by Gasteiger charge is -2.19. The van der Waals surface area contributed by atoms with E-state index in [-0.39, 0.29) is 17.9 Å². The Morgan fingerprint density at radius 1 is 1.11 bits per heavy atom. The van der Waals surface area contributed by atoms with Crippen molar-refractivity contribution in [3.05, 3.63) is 53.5 Å². The number of rotatable bonds is 4. The van der Waals surface area contributed by atoms with Gasteiger partial charge in [0.25, 0.3) is 11.8 Å². The van der Waals surface area contributed by atoms with Crippen LogP contribution in [0.1, 0.15) is 45.7 Å². The largest absolute Gasteiger partial charge is 0.469 e. The maximum atomic E-state index is 12.7. The summed E-state index contributed by atoms with van der Waals surface area (Å²) >= 11 is 0. The van der Waals surface area contributed by atoms with Crippen LogP contribution in [0.2, 0.25) is 0 Å². The number of nitrogens with zero attached hydrogens (tertiary/aromatic N) is 2. The summed E-state index contributed by atoms with van der Waals surface area (Å²) in [5.41, 5.74) is 2.35. The first kappa shape index (κ1) is 17.6. The van der Waals surface area contributed by atoms with Gasteiger partial charge in [-0.1, -0.05) is 6.07 Å². The molecule has 27 heavy (non-hydrogen) atoms. The zero-order chi connectivity index (χ0) is 18.8. The zero-order valence-electron chi connectivity index (χ0n) is 15.6. The SMILES string of the molecule is Cc1cc(C(=O)N2CC[C@H](NC(=O)c3cccc(N4CCCC4)c3)C2)co1. The van der Waals surface area contributed by atoms with Gasteiger partial charge in [-0.15, -0.1) is 0 Å². The number of carbonyl (C=O) groups is 2. The van der Waals surface area contributed by atoms with Gasteiger partial charge in [-0.2, -0.15) is 0 Å². The van der Waals surface area contributed by atoms with Crippen molar-refractivity contribution in [3.8, 4) is 0 Å². The highest BCUT2D eigenvalue weighted by atomic mass is 16.3. The lowest BCUT2D eigenvalue weighted by atomic mass is 10.1. The van der Waals surface area contributed by atoms with E-state index < -0.39 is 0 Å². The summed E-state index contributed by atoms with van der Waals surface area (Å²) in [7, 11) is 0. The highest BCUT2D eigenvalue weighted by Crippen LogP contribution is 2.22. The second-order valence-electron chi connectivity index (χ2n) is 7.40. The fourth-order valence-electron chi connectivity index (χ4n) is 3.89. The third-order valence-corrected chi connectivity index (χ3v) is 5.37. The number of likely N-dealkylation sites (tertiary alicyclic amines) is 1. The van der Waals surface area contributed by atoms with E-state index in [4.69, 9.17) is 4.42 Å². The van der Waals surface area contributed by atoms with Crippen LogP contribution in [0.15, 0.2) is 41.0 Å². The molecule has 0 bridgehead atoms. The predicted octanol–water partition coefficient (Wildman–Crippen LogP) is 2.83. The van der Waals surface area contributed by atoms with Crippen LogP contribution >= 0.6 is 0 Å². The summed E-state index contributed by atoms with van der Waals surface area (Å²) in [5.74, 6) is 0.606. The first-order valence-electron chi connectivity index (χ1n) is 9.60. The Morgan fingerprint density at radius 2 is 1.93 bits per heavy atom. The van der Waals surface area contributed by atoms with Gasteiger partial charge >= 0.3 is 0 Å². The molecule has 1 aromatic carbocycles. The molecule has 2 aliphatic rings. The van der Waals surface area contributed by atoms with Crippen LogP contribution in [0.25, 0.3) is 0 Å². The van der Waals surface area contributed by atoms with Crippen molar-refractivity contribution < 1.29 is 14.0 Å². The fourth-order valence-corrected chi connectivity index (χ4v) is 3.89. The number of hydrogen-bond acceptors (Lipinski definition) is 4. The van der Waals surface area contributed by atoms with Gasteiger partial charge in [-0.3, -0.25) is 9.59 Å². The monoisotopic (exact) mass is 367 g/mol. The number of nitrogens with one attached hydrogen (secondary N) is 1. The van der Waals surface area contributed by atoms with Gasteiger partial charge in [0, 0.05) is 43.5 Å². The number of carbonyl (C=O) groups excluding carboxylic acids is 2. The quantitative estimate of drug-likeness (QED) is 0.902. The van der Waals surface area contributed by atoms with E-state index in [9.17, 15) is 9.59 Å². The van der Waals surface area contributed by atoms with Crippen LogP contribution < -0.4 is 10.2 Å². The second kappa shape index (κ2) is 7.47. The van der Waals surface area contributed by atoms with Crippen molar-refractivity contribution >= 4 is 17.5 Å². The van der Waals surface area contributed by atoms with Crippen LogP contribution in [0, 0.1) is 6.92 Å². The minimum Gasteiger partial charge on any atom is -0.469 e. The van der Waals surface area contributed by atoms with E-state index >= 15 is 0 Å². The molecular formula is C21H25N3O3.